The molecular weight excluding hydrogens is 224 g/mol. The van der Waals surface area contributed by atoms with Crippen LogP contribution in [-0.4, -0.2) is 15.6 Å². The van der Waals surface area contributed by atoms with Crippen LogP contribution >= 0.6 is 0 Å². The molecule has 0 radical (unpaired) electrons. The highest BCUT2D eigenvalue weighted by atomic mass is 16.1. The number of carbonyl (C=O) groups is 1. The minimum absolute atomic E-state index is 0.0132. The molecule has 0 fully saturated rings. The van der Waals surface area contributed by atoms with Crippen LogP contribution < -0.4 is 0 Å². The third-order valence-electron chi connectivity index (χ3n) is 2.91. The lowest BCUT2D eigenvalue weighted by atomic mass is 10.1. The van der Waals surface area contributed by atoms with Gasteiger partial charge in [-0.05, 0) is 26.0 Å². The predicted octanol–water partition coefficient (Wildman–Crippen LogP) is 3.11. The number of rotatable bonds is 4. The highest BCUT2D eigenvalue weighted by molar-refractivity contribution is 6.06. The van der Waals surface area contributed by atoms with Crippen molar-refractivity contribution >= 4 is 11.9 Å². The number of aryl methyl sites for hydroxylation is 1. The van der Waals surface area contributed by atoms with Crippen molar-refractivity contribution in [1.82, 2.24) is 9.78 Å². The van der Waals surface area contributed by atoms with Gasteiger partial charge in [0.1, 0.15) is 0 Å². The highest BCUT2D eigenvalue weighted by Gasteiger charge is 2.03. The molecule has 0 saturated heterocycles. The molecule has 0 saturated carbocycles. The second-order valence-corrected chi connectivity index (χ2v) is 4.06. The molecule has 92 valence electrons. The molecule has 0 spiro atoms. The Morgan fingerprint density at radius 2 is 2.06 bits per heavy atom. The average molecular weight is 240 g/mol. The van der Waals surface area contributed by atoms with Crippen LogP contribution in [0.1, 0.15) is 28.5 Å². The summed E-state index contributed by atoms with van der Waals surface area (Å²) in [6.45, 7) is 4.89. The van der Waals surface area contributed by atoms with Gasteiger partial charge >= 0.3 is 0 Å². The summed E-state index contributed by atoms with van der Waals surface area (Å²) in [7, 11) is 0. The number of hydrogen-bond donors (Lipinski definition) is 0. The van der Waals surface area contributed by atoms with E-state index in [0.717, 1.165) is 17.8 Å². The van der Waals surface area contributed by atoms with Crippen molar-refractivity contribution in [1.29, 1.82) is 0 Å². The summed E-state index contributed by atoms with van der Waals surface area (Å²) in [6.07, 6.45) is 5.21. The molecule has 1 aromatic heterocycles. The van der Waals surface area contributed by atoms with Crippen molar-refractivity contribution in [2.45, 2.75) is 20.4 Å². The second-order valence-electron chi connectivity index (χ2n) is 4.06. The van der Waals surface area contributed by atoms with Gasteiger partial charge in [-0.25, -0.2) is 0 Å². The van der Waals surface area contributed by atoms with Crippen molar-refractivity contribution in [3.05, 3.63) is 59.4 Å². The molecule has 1 heterocycles. The fourth-order valence-corrected chi connectivity index (χ4v) is 1.81. The fourth-order valence-electron chi connectivity index (χ4n) is 1.81. The third kappa shape index (κ3) is 2.56. The lowest BCUT2D eigenvalue weighted by Crippen LogP contribution is -1.98. The molecule has 1 aromatic carbocycles. The largest absolute Gasteiger partial charge is 0.289 e. The van der Waals surface area contributed by atoms with E-state index in [1.165, 1.54) is 0 Å². The Morgan fingerprint density at radius 1 is 1.33 bits per heavy atom. The first kappa shape index (κ1) is 12.3. The van der Waals surface area contributed by atoms with E-state index < -0.39 is 0 Å². The smallest absolute Gasteiger partial charge is 0.185 e. The zero-order valence-electron chi connectivity index (χ0n) is 10.6. The van der Waals surface area contributed by atoms with Crippen LogP contribution in [0.5, 0.6) is 0 Å². The lowest BCUT2D eigenvalue weighted by Gasteiger charge is -1.98. The van der Waals surface area contributed by atoms with E-state index in [1.807, 2.05) is 54.9 Å². The zero-order valence-corrected chi connectivity index (χ0v) is 10.6. The maximum atomic E-state index is 11.9. The number of ketones is 1. The first-order chi connectivity index (χ1) is 8.72. The summed E-state index contributed by atoms with van der Waals surface area (Å²) < 4.78 is 1.91. The SMILES string of the molecule is CCn1ncc(C=CC(=O)c2ccccc2)c1C. The van der Waals surface area contributed by atoms with Crippen molar-refractivity contribution in [3.63, 3.8) is 0 Å². The molecule has 0 aliphatic carbocycles. The Kier molecular flexibility index (Phi) is 3.72. The Bertz CT molecular complexity index is 567. The Morgan fingerprint density at radius 3 is 2.67 bits per heavy atom. The molecule has 0 bridgehead atoms. The van der Waals surface area contributed by atoms with E-state index in [9.17, 15) is 4.79 Å². The number of allylic oxidation sites excluding steroid dienone is 1. The zero-order chi connectivity index (χ0) is 13.0. The minimum Gasteiger partial charge on any atom is -0.289 e. The van der Waals surface area contributed by atoms with Gasteiger partial charge < -0.3 is 0 Å². The van der Waals surface area contributed by atoms with Gasteiger partial charge in [0.25, 0.3) is 0 Å². The van der Waals surface area contributed by atoms with Crippen molar-refractivity contribution in [2.24, 2.45) is 0 Å². The van der Waals surface area contributed by atoms with Crippen LogP contribution in [0.4, 0.5) is 0 Å². The predicted molar refractivity (Wildman–Crippen MR) is 72.4 cm³/mol. The molecular formula is C15H16N2O. The minimum atomic E-state index is 0.0132. The topological polar surface area (TPSA) is 34.9 Å². The van der Waals surface area contributed by atoms with Gasteiger partial charge in [0.2, 0.25) is 0 Å². The van der Waals surface area contributed by atoms with Crippen LogP contribution in [0.15, 0.2) is 42.6 Å². The first-order valence-electron chi connectivity index (χ1n) is 6.02. The van der Waals surface area contributed by atoms with Gasteiger partial charge in [-0.3, -0.25) is 9.48 Å². The number of aromatic nitrogens is 2. The Balaban J connectivity index is 2.16. The van der Waals surface area contributed by atoms with Crippen LogP contribution in [0.2, 0.25) is 0 Å². The van der Waals surface area contributed by atoms with Crippen molar-refractivity contribution < 1.29 is 4.79 Å². The molecule has 3 nitrogen and oxygen atoms in total. The molecule has 0 atom stereocenters. The Hall–Kier alpha value is -2.16. The van der Waals surface area contributed by atoms with Crippen LogP contribution in [0.25, 0.3) is 6.08 Å². The van der Waals surface area contributed by atoms with Crippen molar-refractivity contribution in [3.8, 4) is 0 Å². The molecule has 2 aromatic rings. The van der Waals surface area contributed by atoms with E-state index in [2.05, 4.69) is 5.10 Å². The van der Waals surface area contributed by atoms with Gasteiger partial charge in [0, 0.05) is 23.4 Å². The molecule has 3 heteroatoms. The lowest BCUT2D eigenvalue weighted by molar-refractivity contribution is 0.104. The van der Waals surface area contributed by atoms with Gasteiger partial charge in [0.15, 0.2) is 5.78 Å². The second kappa shape index (κ2) is 5.45. The summed E-state index contributed by atoms with van der Waals surface area (Å²) in [6, 6.07) is 9.25. The van der Waals surface area contributed by atoms with E-state index >= 15 is 0 Å². The maximum absolute atomic E-state index is 11.9. The fraction of sp³-hybridized carbons (Fsp3) is 0.200. The number of benzene rings is 1. The van der Waals surface area contributed by atoms with Crippen LogP contribution in [0.3, 0.4) is 0 Å². The van der Waals surface area contributed by atoms with E-state index in [0.29, 0.717) is 5.56 Å². The quantitative estimate of drug-likeness (QED) is 0.608. The van der Waals surface area contributed by atoms with Gasteiger partial charge in [-0.1, -0.05) is 30.3 Å². The summed E-state index contributed by atoms with van der Waals surface area (Å²) in [4.78, 5) is 11.9. The molecule has 0 aliphatic heterocycles. The van der Waals surface area contributed by atoms with E-state index in [-0.39, 0.29) is 5.78 Å². The maximum Gasteiger partial charge on any atom is 0.185 e. The molecule has 2 rings (SSSR count). The summed E-state index contributed by atoms with van der Waals surface area (Å²) in [5.41, 5.74) is 2.77. The molecule has 0 unspecified atom stereocenters. The molecule has 18 heavy (non-hydrogen) atoms. The first-order valence-corrected chi connectivity index (χ1v) is 6.02. The number of nitrogens with zero attached hydrogens (tertiary/aromatic N) is 2. The molecule has 0 aliphatic rings. The number of hydrogen-bond acceptors (Lipinski definition) is 2. The highest BCUT2D eigenvalue weighted by Crippen LogP contribution is 2.10. The monoisotopic (exact) mass is 240 g/mol. The van der Waals surface area contributed by atoms with Gasteiger partial charge in [0.05, 0.1) is 6.20 Å². The molecule has 0 N–H and O–H groups in total. The summed E-state index contributed by atoms with van der Waals surface area (Å²) >= 11 is 0. The van der Waals surface area contributed by atoms with E-state index in [4.69, 9.17) is 0 Å². The average Bonchev–Trinajstić information content (AvgIpc) is 2.77. The third-order valence-corrected chi connectivity index (χ3v) is 2.91. The Labute approximate surface area is 107 Å². The normalized spacial score (nSPS) is 11.0. The molecule has 0 amide bonds. The van der Waals surface area contributed by atoms with Crippen LogP contribution in [0, 0.1) is 6.92 Å². The number of carbonyl (C=O) groups excluding carboxylic acids is 1. The summed E-state index contributed by atoms with van der Waals surface area (Å²) in [5, 5.41) is 4.24. The summed E-state index contributed by atoms with van der Waals surface area (Å²) in [5.74, 6) is 0.0132. The van der Waals surface area contributed by atoms with Crippen LogP contribution in [-0.2, 0) is 6.54 Å². The standard InChI is InChI=1S/C15H16N2O/c1-3-17-12(2)14(11-16-17)9-10-15(18)13-7-5-4-6-8-13/h4-11H,3H2,1-2H3. The van der Waals surface area contributed by atoms with E-state index in [1.54, 1.807) is 12.3 Å². The van der Waals surface area contributed by atoms with Crippen molar-refractivity contribution in [2.75, 3.05) is 0 Å². The van der Waals surface area contributed by atoms with Gasteiger partial charge in [-0.15, -0.1) is 0 Å². The van der Waals surface area contributed by atoms with Gasteiger partial charge in [-0.2, -0.15) is 5.10 Å².